The average Bonchev–Trinajstić information content (AvgIpc) is 3.99. The van der Waals surface area contributed by atoms with Crippen LogP contribution in [0.5, 0.6) is 0 Å². The highest BCUT2D eigenvalue weighted by Gasteiger charge is 2.31. The van der Waals surface area contributed by atoms with Crippen LogP contribution in [-0.4, -0.2) is 34.0 Å². The molecule has 0 aliphatic carbocycles. The van der Waals surface area contributed by atoms with Crippen LogP contribution in [-0.2, 0) is 0 Å². The van der Waals surface area contributed by atoms with E-state index < -0.39 is 120 Å². The topological polar surface area (TPSA) is 63.5 Å². The van der Waals surface area contributed by atoms with Gasteiger partial charge in [0, 0.05) is 70.5 Å². The number of aromatic nitrogens is 4. The molecule has 5 heterocycles. The molecule has 0 amide bonds. The summed E-state index contributed by atoms with van der Waals surface area (Å²) in [4.78, 5) is 13.2. The second-order valence-corrected chi connectivity index (χ2v) is 12.8. The summed E-state index contributed by atoms with van der Waals surface area (Å²) in [6, 6.07) is 6.70. The number of benzene rings is 3. The molecule has 1 aliphatic rings. The number of nitrogens with zero attached hydrogens (tertiary/aromatic N) is 2. The second-order valence-electron chi connectivity index (χ2n) is 12.8. The summed E-state index contributed by atoms with van der Waals surface area (Å²) in [6.45, 7) is 0. The van der Waals surface area contributed by atoms with E-state index in [1.54, 1.807) is 0 Å². The van der Waals surface area contributed by atoms with E-state index in [1.165, 1.54) is 24.3 Å². The van der Waals surface area contributed by atoms with Gasteiger partial charge in [-0.15, -0.1) is 0 Å². The monoisotopic (exact) mass is 785 g/mol. The number of aromatic amines is 3. The molecule has 56 heavy (non-hydrogen) atoms. The van der Waals surface area contributed by atoms with E-state index in [0.717, 1.165) is 43.3 Å². The molecule has 284 valence electrons. The van der Waals surface area contributed by atoms with E-state index in [2.05, 4.69) is 19.9 Å². The Balaban J connectivity index is 1.64. The Morgan fingerprint density at radius 1 is 0.375 bits per heavy atom. The Bertz CT molecular complexity index is 2910. The van der Waals surface area contributed by atoms with Crippen molar-refractivity contribution < 1.29 is 52.7 Å². The lowest BCUT2D eigenvalue weighted by Crippen LogP contribution is -2.16. The molecule has 0 saturated heterocycles. The van der Waals surface area contributed by atoms with Crippen molar-refractivity contribution in [1.29, 1.82) is 0 Å². The predicted molar refractivity (Wildman–Crippen MR) is 185 cm³/mol. The van der Waals surface area contributed by atoms with Gasteiger partial charge in [-0.1, -0.05) is 0 Å². The molecule has 5 nitrogen and oxygen atoms in total. The minimum absolute atomic E-state index is 0.0238. The maximum Gasteiger partial charge on any atom is 0.185 e. The van der Waals surface area contributed by atoms with Gasteiger partial charge in [-0.25, -0.2) is 57.7 Å². The van der Waals surface area contributed by atoms with Crippen LogP contribution in [0, 0.1) is 69.8 Å². The lowest BCUT2D eigenvalue weighted by atomic mass is 10.0. The van der Waals surface area contributed by atoms with Crippen molar-refractivity contribution in [2.24, 2.45) is 0 Å². The molecule has 0 atom stereocenters. The Morgan fingerprint density at radius 2 is 0.696 bits per heavy atom. The minimum Gasteiger partial charge on any atom is -0.373 e. The van der Waals surface area contributed by atoms with Gasteiger partial charge in [0.25, 0.3) is 0 Å². The van der Waals surface area contributed by atoms with Crippen LogP contribution in [0.25, 0.3) is 78.6 Å². The smallest absolute Gasteiger partial charge is 0.185 e. The lowest BCUT2D eigenvalue weighted by Gasteiger charge is -2.18. The van der Waals surface area contributed by atoms with E-state index in [1.807, 2.05) is 0 Å². The predicted octanol–water partition coefficient (Wildman–Crippen LogP) is 11.4. The molecule has 1 aliphatic heterocycles. The first-order valence-corrected chi connectivity index (χ1v) is 16.1. The molecule has 7 aromatic rings. The zero-order chi connectivity index (χ0) is 40.1. The van der Waals surface area contributed by atoms with Crippen LogP contribution >= 0.6 is 0 Å². The molecular formula is C39H19F12N5. The summed E-state index contributed by atoms with van der Waals surface area (Å²) >= 11 is 0. The number of rotatable bonds is 4. The van der Waals surface area contributed by atoms with Gasteiger partial charge in [0.05, 0.1) is 33.6 Å². The molecule has 0 spiro atoms. The molecule has 0 unspecified atom stereocenters. The summed E-state index contributed by atoms with van der Waals surface area (Å²) in [5.41, 5.74) is -9.11. The highest BCUT2D eigenvalue weighted by atomic mass is 19.2. The normalized spacial score (nSPS) is 12.0. The van der Waals surface area contributed by atoms with E-state index in [-0.39, 0.29) is 45.6 Å². The zero-order valence-corrected chi connectivity index (χ0v) is 28.2. The van der Waals surface area contributed by atoms with Gasteiger partial charge in [0.2, 0.25) is 0 Å². The van der Waals surface area contributed by atoms with Gasteiger partial charge >= 0.3 is 0 Å². The number of anilines is 1. The van der Waals surface area contributed by atoms with Crippen LogP contribution in [0.1, 0.15) is 11.4 Å². The Hall–Kier alpha value is -6.65. The highest BCUT2D eigenvalue weighted by molar-refractivity contribution is 6.01. The van der Waals surface area contributed by atoms with Crippen molar-refractivity contribution >= 4 is 50.9 Å². The molecule has 4 aromatic heterocycles. The number of fused-ring (bicyclic) bond motifs is 9. The molecule has 8 rings (SSSR count). The quantitative estimate of drug-likeness (QED) is 0.123. The molecule has 3 N–H and O–H groups in total. The standard InChI is InChI=1S/C39H19F12N5/c1-56(2)39-37(50)35(48)30(36(49)38(39)51)27-23-9-7-21(54-23)25(28-31(44)13(40)11-14(41)32(28)45)19-5-3-17(52-19)18-4-6-20(53-18)26(22-8-10-24(27)55-22)29-33(46)15(42)12-16(43)34(29)47/h3-12,52,54-55H,1-2H3. The van der Waals surface area contributed by atoms with Crippen molar-refractivity contribution in [2.45, 2.75) is 0 Å². The van der Waals surface area contributed by atoms with Crippen LogP contribution in [0.2, 0.25) is 0 Å². The summed E-state index contributed by atoms with van der Waals surface area (Å²) in [6.07, 6.45) is 2.46. The van der Waals surface area contributed by atoms with Crippen molar-refractivity contribution in [2.75, 3.05) is 19.0 Å². The molecule has 0 radical (unpaired) electrons. The van der Waals surface area contributed by atoms with Gasteiger partial charge < -0.3 is 19.9 Å². The van der Waals surface area contributed by atoms with Gasteiger partial charge in [-0.2, -0.15) is 0 Å². The Kier molecular flexibility index (Phi) is 8.43. The molecule has 3 aromatic carbocycles. The summed E-state index contributed by atoms with van der Waals surface area (Å²) in [7, 11) is 2.22. The van der Waals surface area contributed by atoms with Gasteiger partial charge in [-0.3, -0.25) is 0 Å². The van der Waals surface area contributed by atoms with Gasteiger partial charge in [-0.05, 0) is 48.6 Å². The average molecular weight is 786 g/mol. The third-order valence-corrected chi connectivity index (χ3v) is 9.24. The number of nitrogens with one attached hydrogen (secondary N) is 3. The van der Waals surface area contributed by atoms with E-state index in [0.29, 0.717) is 0 Å². The maximum atomic E-state index is 16.1. The molecule has 0 fully saturated rings. The summed E-state index contributed by atoms with van der Waals surface area (Å²) in [5.74, 6) is -22.2. The van der Waals surface area contributed by atoms with Crippen LogP contribution in [0.4, 0.5) is 58.4 Å². The zero-order valence-electron chi connectivity index (χ0n) is 28.2. The van der Waals surface area contributed by atoms with Crippen molar-refractivity contribution in [3.8, 4) is 33.4 Å². The first-order chi connectivity index (χ1) is 26.6. The number of halogens is 12. The highest BCUT2D eigenvalue weighted by Crippen LogP contribution is 2.42. The van der Waals surface area contributed by atoms with Crippen LogP contribution in [0.15, 0.2) is 48.5 Å². The van der Waals surface area contributed by atoms with Crippen molar-refractivity contribution in [1.82, 2.24) is 19.9 Å². The first-order valence-electron chi connectivity index (χ1n) is 16.1. The fraction of sp³-hybridized carbons (Fsp3) is 0.0513. The summed E-state index contributed by atoms with van der Waals surface area (Å²) in [5, 5.41) is 0. The van der Waals surface area contributed by atoms with Crippen molar-refractivity contribution in [3.05, 3.63) is 130 Å². The maximum absolute atomic E-state index is 16.1. The fourth-order valence-corrected chi connectivity index (χ4v) is 6.76. The van der Waals surface area contributed by atoms with Gasteiger partial charge in [0.15, 0.2) is 69.8 Å². The number of H-pyrrole nitrogens is 3. The first kappa shape index (κ1) is 36.3. The third-order valence-electron chi connectivity index (χ3n) is 9.24. The molecule has 17 heteroatoms. The van der Waals surface area contributed by atoms with Crippen molar-refractivity contribution in [3.63, 3.8) is 0 Å². The number of hydrogen-bond acceptors (Lipinski definition) is 2. The Morgan fingerprint density at radius 3 is 1.11 bits per heavy atom. The van der Waals surface area contributed by atoms with Crippen LogP contribution in [0.3, 0.4) is 0 Å². The van der Waals surface area contributed by atoms with E-state index >= 15 is 35.1 Å². The summed E-state index contributed by atoms with van der Waals surface area (Å²) < 4.78 is 184. The second kappa shape index (κ2) is 13.0. The molecule has 0 saturated carbocycles. The lowest BCUT2D eigenvalue weighted by molar-refractivity contribution is 0.458. The molecular weight excluding hydrogens is 766 g/mol. The molecule has 8 bridgehead atoms. The minimum atomic E-state index is -1.94. The van der Waals surface area contributed by atoms with E-state index in [4.69, 9.17) is 0 Å². The van der Waals surface area contributed by atoms with E-state index in [9.17, 15) is 17.6 Å². The van der Waals surface area contributed by atoms with Gasteiger partial charge in [0.1, 0.15) is 5.69 Å². The third kappa shape index (κ3) is 5.39. The fourth-order valence-electron chi connectivity index (χ4n) is 6.76. The number of hydrogen-bond donors (Lipinski definition) is 3. The largest absolute Gasteiger partial charge is 0.373 e. The SMILES string of the molecule is CN(C)c1c(F)c(F)c(-c2c3ccc([nH]3)c(-c3c(F)c(F)cc(F)c3F)c3nc(c4ccc([nH]4)c(-c4c(F)c(F)cc(F)c4F)c4ccc2[nH]4)C=C3)c(F)c1F. The Labute approximate surface area is 305 Å². The van der Waals surface area contributed by atoms with Crippen LogP contribution < -0.4 is 4.90 Å².